The second kappa shape index (κ2) is 10.7. The number of amides is 2. The second-order valence-corrected chi connectivity index (χ2v) is 7.48. The maximum Gasteiger partial charge on any atom is 0.242 e. The lowest BCUT2D eigenvalue weighted by molar-refractivity contribution is -0.141. The summed E-state index contributed by atoms with van der Waals surface area (Å²) in [6.45, 7) is 6.44. The average molecular weight is 402 g/mol. The lowest BCUT2D eigenvalue weighted by Crippen LogP contribution is -2.50. The Hall–Kier alpha value is -2.76. The van der Waals surface area contributed by atoms with E-state index in [1.165, 1.54) is 23.1 Å². The van der Waals surface area contributed by atoms with Gasteiger partial charge in [-0.05, 0) is 41.7 Å². The van der Waals surface area contributed by atoms with Crippen molar-refractivity contribution >= 4 is 11.8 Å². The fraction of sp³-hybridized carbons (Fsp3) is 0.391. The van der Waals surface area contributed by atoms with E-state index in [0.29, 0.717) is 18.5 Å². The summed E-state index contributed by atoms with van der Waals surface area (Å²) in [5, 5.41) is 2.87. The van der Waals surface area contributed by atoms with E-state index >= 15 is 0 Å². The van der Waals surface area contributed by atoms with Gasteiger partial charge in [0.25, 0.3) is 0 Å². The van der Waals surface area contributed by atoms with E-state index in [4.69, 9.17) is 0 Å². The minimum atomic E-state index is -0.696. The summed E-state index contributed by atoms with van der Waals surface area (Å²) in [6.07, 6.45) is 0.260. The molecule has 0 aliphatic heterocycles. The molecule has 0 aliphatic rings. The van der Waals surface area contributed by atoms with Crippen molar-refractivity contribution in [1.29, 1.82) is 0 Å². The Balaban J connectivity index is 2.27. The van der Waals surface area contributed by atoms with Gasteiger partial charge in [0.2, 0.25) is 11.8 Å². The molecule has 156 valence electrons. The molecule has 0 spiro atoms. The molecule has 0 saturated carbocycles. The summed E-state index contributed by atoms with van der Waals surface area (Å²) in [4.78, 5) is 27.3. The number of hydrogen-bond acceptors (Lipinski definition) is 2. The van der Waals surface area contributed by atoms with Gasteiger partial charge in [-0.1, -0.05) is 51.1 Å². The molecular formula is C23H28F2N2O2. The van der Waals surface area contributed by atoms with Crippen molar-refractivity contribution in [3.8, 4) is 0 Å². The first-order valence-corrected chi connectivity index (χ1v) is 9.86. The van der Waals surface area contributed by atoms with Crippen LogP contribution in [0.2, 0.25) is 0 Å². The van der Waals surface area contributed by atoms with Crippen molar-refractivity contribution in [2.45, 2.75) is 46.2 Å². The van der Waals surface area contributed by atoms with Gasteiger partial charge in [-0.2, -0.15) is 0 Å². The molecule has 2 aromatic rings. The van der Waals surface area contributed by atoms with Gasteiger partial charge in [-0.25, -0.2) is 8.78 Å². The molecule has 0 bridgehead atoms. The van der Waals surface area contributed by atoms with E-state index in [-0.39, 0.29) is 42.1 Å². The molecule has 2 amide bonds. The van der Waals surface area contributed by atoms with Gasteiger partial charge in [0.05, 0.1) is 6.42 Å². The van der Waals surface area contributed by atoms with Crippen LogP contribution in [0.3, 0.4) is 0 Å². The molecule has 0 radical (unpaired) electrons. The highest BCUT2D eigenvalue weighted by atomic mass is 19.1. The minimum Gasteiger partial charge on any atom is -0.354 e. The van der Waals surface area contributed by atoms with Crippen molar-refractivity contribution < 1.29 is 18.4 Å². The fourth-order valence-corrected chi connectivity index (χ4v) is 3.03. The molecule has 0 heterocycles. The van der Waals surface area contributed by atoms with Gasteiger partial charge in [0.1, 0.15) is 17.7 Å². The van der Waals surface area contributed by atoms with E-state index < -0.39 is 11.9 Å². The Morgan fingerprint density at radius 2 is 1.69 bits per heavy atom. The number of halogens is 2. The Labute approximate surface area is 170 Å². The fourth-order valence-electron chi connectivity index (χ4n) is 3.03. The zero-order chi connectivity index (χ0) is 21.4. The highest BCUT2D eigenvalue weighted by Crippen LogP contribution is 2.16. The van der Waals surface area contributed by atoms with Crippen LogP contribution in [-0.4, -0.2) is 29.3 Å². The number of hydrogen-bond donors (Lipinski definition) is 1. The molecular weight excluding hydrogens is 374 g/mol. The van der Waals surface area contributed by atoms with Crippen LogP contribution in [0.1, 0.15) is 38.3 Å². The van der Waals surface area contributed by atoms with E-state index in [1.807, 2.05) is 20.8 Å². The summed E-state index contributed by atoms with van der Waals surface area (Å²) in [6, 6.07) is 11.2. The van der Waals surface area contributed by atoms with E-state index in [9.17, 15) is 18.4 Å². The Kier molecular flexibility index (Phi) is 8.31. The third kappa shape index (κ3) is 6.66. The molecule has 2 rings (SSSR count). The van der Waals surface area contributed by atoms with Crippen LogP contribution in [0.15, 0.2) is 48.5 Å². The van der Waals surface area contributed by atoms with Crippen LogP contribution in [-0.2, 0) is 22.6 Å². The van der Waals surface area contributed by atoms with Crippen molar-refractivity contribution in [2.24, 2.45) is 5.92 Å². The van der Waals surface area contributed by atoms with Crippen LogP contribution in [0.4, 0.5) is 8.78 Å². The SMILES string of the molecule is CC[C@@H](C(=O)NCC(C)C)N(Cc1ccc(F)cc1)C(=O)Cc1ccccc1F. The minimum absolute atomic E-state index is 0.140. The number of carbonyl (C=O) groups is 2. The van der Waals surface area contributed by atoms with Gasteiger partial charge in [-0.15, -0.1) is 0 Å². The molecule has 1 N–H and O–H groups in total. The van der Waals surface area contributed by atoms with Crippen LogP contribution in [0, 0.1) is 17.6 Å². The van der Waals surface area contributed by atoms with Crippen LogP contribution in [0.5, 0.6) is 0 Å². The van der Waals surface area contributed by atoms with Gasteiger partial charge in [-0.3, -0.25) is 9.59 Å². The summed E-state index contributed by atoms with van der Waals surface area (Å²) in [5.41, 5.74) is 0.974. The quantitative estimate of drug-likeness (QED) is 0.687. The predicted octanol–water partition coefficient (Wildman–Crippen LogP) is 4.09. The van der Waals surface area contributed by atoms with E-state index in [0.717, 1.165) is 0 Å². The monoisotopic (exact) mass is 402 g/mol. The number of nitrogens with zero attached hydrogens (tertiary/aromatic N) is 1. The largest absolute Gasteiger partial charge is 0.354 e. The molecule has 0 saturated heterocycles. The molecule has 6 heteroatoms. The van der Waals surface area contributed by atoms with Crippen LogP contribution in [0.25, 0.3) is 0 Å². The standard InChI is InChI=1S/C23H28F2N2O2/c1-4-21(23(29)26-14-16(2)3)27(15-17-9-11-19(24)12-10-17)22(28)13-18-7-5-6-8-20(18)25/h5-12,16,21H,4,13-15H2,1-3H3,(H,26,29)/t21-/m0/s1. The lowest BCUT2D eigenvalue weighted by atomic mass is 10.1. The highest BCUT2D eigenvalue weighted by Gasteiger charge is 2.29. The summed E-state index contributed by atoms with van der Waals surface area (Å²) in [7, 11) is 0. The zero-order valence-electron chi connectivity index (χ0n) is 17.1. The number of benzene rings is 2. The molecule has 1 atom stereocenters. The van der Waals surface area contributed by atoms with Gasteiger partial charge in [0, 0.05) is 13.1 Å². The summed E-state index contributed by atoms with van der Waals surface area (Å²) >= 11 is 0. The van der Waals surface area contributed by atoms with Crippen molar-refractivity contribution in [1.82, 2.24) is 10.2 Å². The van der Waals surface area contributed by atoms with Crippen molar-refractivity contribution in [2.75, 3.05) is 6.54 Å². The Morgan fingerprint density at radius 1 is 1.03 bits per heavy atom. The maximum atomic E-state index is 14.0. The summed E-state index contributed by atoms with van der Waals surface area (Å²) < 4.78 is 27.3. The predicted molar refractivity (Wildman–Crippen MR) is 109 cm³/mol. The molecule has 0 unspecified atom stereocenters. The average Bonchev–Trinajstić information content (AvgIpc) is 2.69. The number of rotatable bonds is 9. The molecule has 0 aliphatic carbocycles. The zero-order valence-corrected chi connectivity index (χ0v) is 17.1. The van der Waals surface area contributed by atoms with Crippen molar-refractivity contribution in [3.63, 3.8) is 0 Å². The van der Waals surface area contributed by atoms with Gasteiger partial charge >= 0.3 is 0 Å². The molecule has 4 nitrogen and oxygen atoms in total. The third-order valence-corrected chi connectivity index (χ3v) is 4.64. The first-order chi connectivity index (χ1) is 13.8. The Bertz CT molecular complexity index is 822. The summed E-state index contributed by atoms with van der Waals surface area (Å²) in [5.74, 6) is -1.16. The topological polar surface area (TPSA) is 49.4 Å². The molecule has 29 heavy (non-hydrogen) atoms. The molecule has 0 aromatic heterocycles. The first kappa shape index (κ1) is 22.5. The number of carbonyl (C=O) groups excluding carboxylic acids is 2. The van der Waals surface area contributed by atoms with Crippen LogP contribution < -0.4 is 5.32 Å². The highest BCUT2D eigenvalue weighted by molar-refractivity contribution is 5.88. The van der Waals surface area contributed by atoms with Crippen LogP contribution >= 0.6 is 0 Å². The second-order valence-electron chi connectivity index (χ2n) is 7.48. The normalized spacial score (nSPS) is 11.9. The third-order valence-electron chi connectivity index (χ3n) is 4.64. The van der Waals surface area contributed by atoms with Gasteiger partial charge < -0.3 is 10.2 Å². The molecule has 0 fully saturated rings. The van der Waals surface area contributed by atoms with E-state index in [2.05, 4.69) is 5.32 Å². The number of nitrogens with one attached hydrogen (secondary N) is 1. The Morgan fingerprint density at radius 3 is 2.28 bits per heavy atom. The molecule has 2 aromatic carbocycles. The van der Waals surface area contributed by atoms with E-state index in [1.54, 1.807) is 30.3 Å². The lowest BCUT2D eigenvalue weighted by Gasteiger charge is -2.31. The smallest absolute Gasteiger partial charge is 0.242 e. The maximum absolute atomic E-state index is 14.0. The van der Waals surface area contributed by atoms with Crippen molar-refractivity contribution in [3.05, 3.63) is 71.3 Å². The van der Waals surface area contributed by atoms with Gasteiger partial charge in [0.15, 0.2) is 0 Å². The first-order valence-electron chi connectivity index (χ1n) is 9.86.